The van der Waals surface area contributed by atoms with Crippen molar-refractivity contribution in [2.24, 2.45) is 0 Å². The van der Waals surface area contributed by atoms with E-state index in [1.165, 1.54) is 7.11 Å². The monoisotopic (exact) mass is 277 g/mol. The van der Waals surface area contributed by atoms with Crippen molar-refractivity contribution in [1.82, 2.24) is 9.78 Å². The van der Waals surface area contributed by atoms with E-state index in [2.05, 4.69) is 9.84 Å². The highest BCUT2D eigenvalue weighted by Crippen LogP contribution is 2.22. The highest BCUT2D eigenvalue weighted by molar-refractivity contribution is 6.00. The summed E-state index contributed by atoms with van der Waals surface area (Å²) in [5.74, 6) is -0.476. The maximum absolute atomic E-state index is 11.6. The summed E-state index contributed by atoms with van der Waals surface area (Å²) in [5, 5.41) is 15.0. The lowest BCUT2D eigenvalue weighted by Gasteiger charge is -2.16. The van der Waals surface area contributed by atoms with Crippen molar-refractivity contribution in [1.29, 1.82) is 0 Å². The van der Waals surface area contributed by atoms with Gasteiger partial charge in [-0.05, 0) is 32.4 Å². The predicted octanol–water partition coefficient (Wildman–Crippen LogP) is 1.57. The maximum atomic E-state index is 11.6. The Hall–Kier alpha value is -2.08. The molecule has 0 aliphatic rings. The average molecular weight is 277 g/mol. The number of aryl methyl sites for hydroxylation is 1. The number of carbonyl (C=O) groups is 1. The van der Waals surface area contributed by atoms with Crippen LogP contribution in [0.25, 0.3) is 10.9 Å². The van der Waals surface area contributed by atoms with Crippen LogP contribution in [-0.4, -0.2) is 33.6 Å². The second-order valence-electron chi connectivity index (χ2n) is 5.44. The van der Waals surface area contributed by atoms with Crippen molar-refractivity contribution in [2.45, 2.75) is 32.4 Å². The van der Waals surface area contributed by atoms with E-state index in [0.717, 1.165) is 5.39 Å². The summed E-state index contributed by atoms with van der Waals surface area (Å²) in [5.41, 5.74) is 6.45. The summed E-state index contributed by atoms with van der Waals surface area (Å²) in [7, 11) is 1.31. The van der Waals surface area contributed by atoms with Crippen LogP contribution in [0, 0.1) is 0 Å². The second-order valence-corrected chi connectivity index (χ2v) is 5.44. The molecule has 1 aromatic heterocycles. The Labute approximate surface area is 117 Å². The minimum Gasteiger partial charge on any atom is -0.465 e. The number of nitrogen functional groups attached to an aromatic ring is 1. The molecule has 0 aliphatic carbocycles. The van der Waals surface area contributed by atoms with Crippen LogP contribution in [0.2, 0.25) is 0 Å². The molecule has 6 heteroatoms. The van der Waals surface area contributed by atoms with Crippen molar-refractivity contribution < 1.29 is 14.6 Å². The first-order valence-corrected chi connectivity index (χ1v) is 6.37. The van der Waals surface area contributed by atoms with Crippen LogP contribution in [0.15, 0.2) is 18.3 Å². The van der Waals surface area contributed by atoms with Crippen LogP contribution in [0.5, 0.6) is 0 Å². The van der Waals surface area contributed by atoms with Crippen LogP contribution in [-0.2, 0) is 11.3 Å². The number of ether oxygens (including phenoxy) is 1. The third-order valence-corrected chi connectivity index (χ3v) is 3.08. The van der Waals surface area contributed by atoms with Crippen molar-refractivity contribution in [3.05, 3.63) is 23.9 Å². The summed E-state index contributed by atoms with van der Waals surface area (Å²) in [6.07, 6.45) is 2.43. The van der Waals surface area contributed by atoms with Crippen molar-refractivity contribution in [3.8, 4) is 0 Å². The molecule has 2 rings (SSSR count). The number of aromatic nitrogens is 2. The van der Waals surface area contributed by atoms with Gasteiger partial charge >= 0.3 is 5.97 Å². The number of aliphatic hydroxyl groups is 1. The van der Waals surface area contributed by atoms with Gasteiger partial charge in [0.15, 0.2) is 0 Å². The summed E-state index contributed by atoms with van der Waals surface area (Å²) >= 11 is 0. The number of hydrogen-bond donors (Lipinski definition) is 2. The van der Waals surface area contributed by atoms with Gasteiger partial charge in [-0.2, -0.15) is 5.10 Å². The molecular weight excluding hydrogens is 258 g/mol. The number of benzene rings is 1. The molecule has 1 heterocycles. The summed E-state index contributed by atoms with van der Waals surface area (Å²) in [4.78, 5) is 11.6. The number of hydrogen-bond acceptors (Lipinski definition) is 5. The summed E-state index contributed by atoms with van der Waals surface area (Å²) in [6, 6.07) is 3.33. The predicted molar refractivity (Wildman–Crippen MR) is 76.4 cm³/mol. The molecule has 20 heavy (non-hydrogen) atoms. The molecule has 0 unspecified atom stereocenters. The van der Waals surface area contributed by atoms with Gasteiger partial charge in [-0.25, -0.2) is 4.79 Å². The highest BCUT2D eigenvalue weighted by atomic mass is 16.5. The Morgan fingerprint density at radius 3 is 2.80 bits per heavy atom. The van der Waals surface area contributed by atoms with Gasteiger partial charge in [0.1, 0.15) is 0 Å². The molecular formula is C14H19N3O3. The molecule has 3 N–H and O–H groups in total. The highest BCUT2D eigenvalue weighted by Gasteiger charge is 2.15. The smallest absolute Gasteiger partial charge is 0.340 e. The van der Waals surface area contributed by atoms with E-state index in [4.69, 9.17) is 5.73 Å². The van der Waals surface area contributed by atoms with Crippen molar-refractivity contribution in [3.63, 3.8) is 0 Å². The molecule has 0 aliphatic heterocycles. The molecule has 1 aromatic carbocycles. The molecule has 2 aromatic rings. The van der Waals surface area contributed by atoms with Crippen molar-refractivity contribution >= 4 is 22.6 Å². The zero-order valence-corrected chi connectivity index (χ0v) is 11.9. The normalized spacial score (nSPS) is 11.8. The Kier molecular flexibility index (Phi) is 3.67. The Bertz CT molecular complexity index is 641. The molecule has 108 valence electrons. The van der Waals surface area contributed by atoms with E-state index in [1.54, 1.807) is 30.7 Å². The second kappa shape index (κ2) is 5.13. The van der Waals surface area contributed by atoms with Crippen molar-refractivity contribution in [2.75, 3.05) is 12.8 Å². The van der Waals surface area contributed by atoms with E-state index in [1.807, 2.05) is 6.20 Å². The number of carbonyl (C=O) groups excluding carboxylic acids is 1. The number of nitrogens with zero attached hydrogens (tertiary/aromatic N) is 2. The first kappa shape index (κ1) is 14.3. The largest absolute Gasteiger partial charge is 0.465 e. The molecule has 0 atom stereocenters. The number of nitrogens with two attached hydrogens (primary N) is 1. The molecule has 0 fully saturated rings. The van der Waals surface area contributed by atoms with Crippen LogP contribution in [0.1, 0.15) is 30.6 Å². The van der Waals surface area contributed by atoms with Crippen LogP contribution >= 0.6 is 0 Å². The lowest BCUT2D eigenvalue weighted by molar-refractivity contribution is 0.0601. The number of fused-ring (bicyclic) bond motifs is 1. The van der Waals surface area contributed by atoms with Crippen LogP contribution in [0.3, 0.4) is 0 Å². The Morgan fingerprint density at radius 2 is 2.20 bits per heavy atom. The Morgan fingerprint density at radius 1 is 1.50 bits per heavy atom. The zero-order chi connectivity index (χ0) is 14.9. The first-order chi connectivity index (χ1) is 9.30. The number of esters is 1. The van der Waals surface area contributed by atoms with E-state index in [-0.39, 0.29) is 0 Å². The SMILES string of the molecule is COC(=O)c1cc2nn(CCC(C)(C)O)cc2cc1N. The fraction of sp³-hybridized carbons (Fsp3) is 0.429. The molecule has 0 spiro atoms. The van der Waals surface area contributed by atoms with E-state index >= 15 is 0 Å². The van der Waals surface area contributed by atoms with Gasteiger partial charge in [-0.15, -0.1) is 0 Å². The minimum atomic E-state index is -0.742. The summed E-state index contributed by atoms with van der Waals surface area (Å²) < 4.78 is 6.42. The lowest BCUT2D eigenvalue weighted by atomic mass is 10.1. The van der Waals surface area contributed by atoms with Gasteiger partial charge in [0.2, 0.25) is 0 Å². The maximum Gasteiger partial charge on any atom is 0.340 e. The first-order valence-electron chi connectivity index (χ1n) is 6.37. The molecule has 0 radical (unpaired) electrons. The van der Waals surface area contributed by atoms with Crippen LogP contribution < -0.4 is 5.73 Å². The van der Waals surface area contributed by atoms with Crippen LogP contribution in [0.4, 0.5) is 5.69 Å². The number of rotatable bonds is 4. The van der Waals surface area contributed by atoms with E-state index in [0.29, 0.717) is 29.7 Å². The molecule has 0 saturated heterocycles. The van der Waals surface area contributed by atoms with Gasteiger partial charge in [0, 0.05) is 23.8 Å². The molecule has 0 bridgehead atoms. The van der Waals surface area contributed by atoms with Gasteiger partial charge in [0.25, 0.3) is 0 Å². The van der Waals surface area contributed by atoms with E-state index < -0.39 is 11.6 Å². The van der Waals surface area contributed by atoms with Gasteiger partial charge in [-0.3, -0.25) is 4.68 Å². The number of methoxy groups -OCH3 is 1. The quantitative estimate of drug-likeness (QED) is 0.654. The summed E-state index contributed by atoms with van der Waals surface area (Å²) in [6.45, 7) is 4.10. The standard InChI is InChI=1S/C14H19N3O3/c1-14(2,19)4-5-17-8-9-6-11(15)10(13(18)20-3)7-12(9)16-17/h6-8,19H,4-5,15H2,1-3H3. The molecule has 6 nitrogen and oxygen atoms in total. The topological polar surface area (TPSA) is 90.4 Å². The van der Waals surface area contributed by atoms with Gasteiger partial charge < -0.3 is 15.6 Å². The van der Waals surface area contributed by atoms with Gasteiger partial charge in [-0.1, -0.05) is 0 Å². The third kappa shape index (κ3) is 3.08. The fourth-order valence-corrected chi connectivity index (χ4v) is 1.93. The molecule has 0 amide bonds. The number of anilines is 1. The third-order valence-electron chi connectivity index (χ3n) is 3.08. The zero-order valence-electron chi connectivity index (χ0n) is 11.9. The fourth-order valence-electron chi connectivity index (χ4n) is 1.93. The minimum absolute atomic E-state index is 0.313. The average Bonchev–Trinajstić information content (AvgIpc) is 2.75. The molecule has 0 saturated carbocycles. The Balaban J connectivity index is 2.32. The van der Waals surface area contributed by atoms with Gasteiger partial charge in [0.05, 0.1) is 23.8 Å². The lowest BCUT2D eigenvalue weighted by Crippen LogP contribution is -2.21. The van der Waals surface area contributed by atoms with E-state index in [9.17, 15) is 9.90 Å².